The first-order valence-corrected chi connectivity index (χ1v) is 7.35. The van der Waals surface area contributed by atoms with E-state index >= 15 is 0 Å². The number of hydrogen-bond acceptors (Lipinski definition) is 1. The van der Waals surface area contributed by atoms with Crippen LogP contribution in [0.1, 0.15) is 65.7 Å². The summed E-state index contributed by atoms with van der Waals surface area (Å²) in [6.45, 7) is 6.84. The van der Waals surface area contributed by atoms with Gasteiger partial charge in [-0.15, -0.1) is 0 Å². The van der Waals surface area contributed by atoms with Gasteiger partial charge in [0.15, 0.2) is 0 Å². The molecule has 3 unspecified atom stereocenters. The smallest absolute Gasteiger partial charge is 0.220 e. The Morgan fingerprint density at radius 2 is 2.24 bits per heavy atom. The van der Waals surface area contributed by atoms with Crippen LogP contribution in [0.2, 0.25) is 0 Å². The fourth-order valence-corrected chi connectivity index (χ4v) is 4.24. The summed E-state index contributed by atoms with van der Waals surface area (Å²) in [6.07, 6.45) is 8.47. The maximum absolute atomic E-state index is 11.7. The van der Waals surface area contributed by atoms with Gasteiger partial charge in [-0.05, 0) is 42.9 Å². The van der Waals surface area contributed by atoms with Crippen molar-refractivity contribution in [1.29, 1.82) is 0 Å². The highest BCUT2D eigenvalue weighted by molar-refractivity contribution is 5.80. The fourth-order valence-electron chi connectivity index (χ4n) is 4.24. The molecule has 1 saturated heterocycles. The van der Waals surface area contributed by atoms with Gasteiger partial charge in [0.25, 0.3) is 0 Å². The zero-order valence-corrected chi connectivity index (χ0v) is 11.6. The standard InChI is InChI=1S/C15H27NO/c1-4-13-15(10-14(17)16-13)7-5-6-12(9-15)8-11(2)3/h11-13H,4-10H2,1-3H3,(H,16,17). The summed E-state index contributed by atoms with van der Waals surface area (Å²) < 4.78 is 0. The average molecular weight is 237 g/mol. The fraction of sp³-hybridized carbons (Fsp3) is 0.933. The molecule has 0 radical (unpaired) electrons. The molecule has 0 aromatic carbocycles. The maximum atomic E-state index is 11.7. The molecule has 1 spiro atoms. The molecule has 3 atom stereocenters. The summed E-state index contributed by atoms with van der Waals surface area (Å²) in [5.74, 6) is 1.94. The average Bonchev–Trinajstić information content (AvgIpc) is 2.53. The van der Waals surface area contributed by atoms with Gasteiger partial charge < -0.3 is 5.32 Å². The van der Waals surface area contributed by atoms with E-state index < -0.39 is 0 Å². The van der Waals surface area contributed by atoms with Gasteiger partial charge in [0.2, 0.25) is 5.91 Å². The Balaban J connectivity index is 2.06. The van der Waals surface area contributed by atoms with Gasteiger partial charge >= 0.3 is 0 Å². The Morgan fingerprint density at radius 3 is 2.88 bits per heavy atom. The van der Waals surface area contributed by atoms with Crippen molar-refractivity contribution in [3.8, 4) is 0 Å². The van der Waals surface area contributed by atoms with E-state index in [4.69, 9.17) is 0 Å². The lowest BCUT2D eigenvalue weighted by atomic mass is 9.64. The molecule has 2 rings (SSSR count). The number of carbonyl (C=O) groups excluding carboxylic acids is 1. The van der Waals surface area contributed by atoms with Crippen LogP contribution in [0.3, 0.4) is 0 Å². The summed E-state index contributed by atoms with van der Waals surface area (Å²) in [4.78, 5) is 11.7. The normalized spacial score (nSPS) is 37.8. The lowest BCUT2D eigenvalue weighted by Gasteiger charge is -2.41. The van der Waals surface area contributed by atoms with Crippen molar-refractivity contribution in [3.63, 3.8) is 0 Å². The van der Waals surface area contributed by atoms with Crippen molar-refractivity contribution < 1.29 is 4.79 Å². The number of amides is 1. The first-order valence-electron chi connectivity index (χ1n) is 7.35. The van der Waals surface area contributed by atoms with Gasteiger partial charge in [0, 0.05) is 12.5 Å². The molecule has 1 heterocycles. The Bertz CT molecular complexity index is 287. The van der Waals surface area contributed by atoms with Gasteiger partial charge in [-0.1, -0.05) is 33.6 Å². The van der Waals surface area contributed by atoms with Crippen LogP contribution in [0, 0.1) is 17.3 Å². The van der Waals surface area contributed by atoms with Crippen molar-refractivity contribution in [3.05, 3.63) is 0 Å². The molecule has 1 N–H and O–H groups in total. The quantitative estimate of drug-likeness (QED) is 0.799. The lowest BCUT2D eigenvalue weighted by molar-refractivity contribution is -0.120. The molecule has 1 aliphatic carbocycles. The van der Waals surface area contributed by atoms with Crippen LogP contribution in [0.25, 0.3) is 0 Å². The van der Waals surface area contributed by atoms with Gasteiger partial charge in [-0.3, -0.25) is 4.79 Å². The van der Waals surface area contributed by atoms with Crippen LogP contribution >= 0.6 is 0 Å². The van der Waals surface area contributed by atoms with Crippen molar-refractivity contribution >= 4 is 5.91 Å². The van der Waals surface area contributed by atoms with Gasteiger partial charge in [0.1, 0.15) is 0 Å². The molecular weight excluding hydrogens is 210 g/mol. The SMILES string of the molecule is CCC1NC(=O)CC12CCCC(CC(C)C)C2. The van der Waals surface area contributed by atoms with E-state index in [1.807, 2.05) is 0 Å². The van der Waals surface area contributed by atoms with Crippen LogP contribution in [-0.2, 0) is 4.79 Å². The zero-order chi connectivity index (χ0) is 12.5. The van der Waals surface area contributed by atoms with E-state index in [1.54, 1.807) is 0 Å². The molecule has 2 nitrogen and oxygen atoms in total. The second kappa shape index (κ2) is 4.99. The van der Waals surface area contributed by atoms with Crippen molar-refractivity contribution in [1.82, 2.24) is 5.32 Å². The summed E-state index contributed by atoms with van der Waals surface area (Å²) in [6, 6.07) is 0.449. The predicted octanol–water partition coefficient (Wildman–Crippen LogP) is 3.51. The highest BCUT2D eigenvalue weighted by atomic mass is 16.2. The molecule has 2 aliphatic rings. The van der Waals surface area contributed by atoms with Crippen LogP contribution in [-0.4, -0.2) is 11.9 Å². The highest BCUT2D eigenvalue weighted by Crippen LogP contribution is 2.49. The van der Waals surface area contributed by atoms with Gasteiger partial charge in [-0.2, -0.15) is 0 Å². The number of nitrogens with one attached hydrogen (secondary N) is 1. The number of rotatable bonds is 3. The molecule has 2 fully saturated rings. The van der Waals surface area contributed by atoms with Crippen LogP contribution in [0.4, 0.5) is 0 Å². The molecule has 17 heavy (non-hydrogen) atoms. The molecule has 1 amide bonds. The Morgan fingerprint density at radius 1 is 1.47 bits per heavy atom. The van der Waals surface area contributed by atoms with Crippen LogP contribution in [0.5, 0.6) is 0 Å². The summed E-state index contributed by atoms with van der Waals surface area (Å²) in [5, 5.41) is 3.20. The van der Waals surface area contributed by atoms with Crippen LogP contribution < -0.4 is 5.32 Å². The summed E-state index contributed by atoms with van der Waals surface area (Å²) >= 11 is 0. The third kappa shape index (κ3) is 2.66. The first-order chi connectivity index (χ1) is 8.05. The number of hydrogen-bond donors (Lipinski definition) is 1. The van der Waals surface area contributed by atoms with Crippen molar-refractivity contribution in [2.75, 3.05) is 0 Å². The van der Waals surface area contributed by atoms with E-state index in [0.29, 0.717) is 17.4 Å². The van der Waals surface area contributed by atoms with Crippen LogP contribution in [0.15, 0.2) is 0 Å². The second-order valence-electron chi connectivity index (χ2n) is 6.66. The van der Waals surface area contributed by atoms with E-state index in [1.165, 1.54) is 32.1 Å². The van der Waals surface area contributed by atoms with Gasteiger partial charge in [-0.25, -0.2) is 0 Å². The molecular formula is C15H27NO. The summed E-state index contributed by atoms with van der Waals surface area (Å²) in [7, 11) is 0. The third-order valence-corrected chi connectivity index (χ3v) is 4.78. The van der Waals surface area contributed by atoms with Gasteiger partial charge in [0.05, 0.1) is 0 Å². The predicted molar refractivity (Wildman–Crippen MR) is 70.7 cm³/mol. The number of carbonyl (C=O) groups is 1. The Hall–Kier alpha value is -0.530. The van der Waals surface area contributed by atoms with Crippen molar-refractivity contribution in [2.45, 2.75) is 71.8 Å². The minimum Gasteiger partial charge on any atom is -0.353 e. The topological polar surface area (TPSA) is 29.1 Å². The largest absolute Gasteiger partial charge is 0.353 e. The van der Waals surface area contributed by atoms with E-state index in [-0.39, 0.29) is 0 Å². The van der Waals surface area contributed by atoms with E-state index in [9.17, 15) is 4.79 Å². The van der Waals surface area contributed by atoms with E-state index in [2.05, 4.69) is 26.1 Å². The molecule has 0 bridgehead atoms. The first kappa shape index (κ1) is 12.9. The maximum Gasteiger partial charge on any atom is 0.220 e. The minimum atomic E-state index is 0.294. The van der Waals surface area contributed by atoms with E-state index in [0.717, 1.165) is 24.7 Å². The monoisotopic (exact) mass is 237 g/mol. The Labute approximate surface area is 106 Å². The molecule has 2 heteroatoms. The molecule has 98 valence electrons. The zero-order valence-electron chi connectivity index (χ0n) is 11.6. The summed E-state index contributed by atoms with van der Waals surface area (Å²) in [5.41, 5.74) is 0.309. The lowest BCUT2D eigenvalue weighted by Crippen LogP contribution is -2.40. The Kier molecular flexibility index (Phi) is 3.79. The van der Waals surface area contributed by atoms with Crippen molar-refractivity contribution in [2.24, 2.45) is 17.3 Å². The third-order valence-electron chi connectivity index (χ3n) is 4.78. The minimum absolute atomic E-state index is 0.294. The highest BCUT2D eigenvalue weighted by Gasteiger charge is 2.48. The molecule has 0 aromatic heterocycles. The second-order valence-corrected chi connectivity index (χ2v) is 6.66. The molecule has 1 aliphatic heterocycles. The molecule has 1 saturated carbocycles. The molecule has 0 aromatic rings.